The van der Waals surface area contributed by atoms with Crippen LogP contribution >= 0.6 is 0 Å². The summed E-state index contributed by atoms with van der Waals surface area (Å²) in [6.07, 6.45) is 7.42. The van der Waals surface area contributed by atoms with Crippen LogP contribution in [0.2, 0.25) is 0 Å². The molecular formula is C20H27NO5. The molecule has 1 heterocycles. The van der Waals surface area contributed by atoms with Crippen LogP contribution in [0.1, 0.15) is 56.6 Å². The Balaban J connectivity index is 1.81. The van der Waals surface area contributed by atoms with Crippen LogP contribution in [0, 0.1) is 0 Å². The minimum atomic E-state index is -0.823. The largest absolute Gasteiger partial charge is 0.508 e. The fourth-order valence-electron chi connectivity index (χ4n) is 3.21. The molecule has 0 bridgehead atoms. The lowest BCUT2D eigenvalue weighted by Gasteiger charge is -2.22. The van der Waals surface area contributed by atoms with E-state index in [2.05, 4.69) is 0 Å². The van der Waals surface area contributed by atoms with Gasteiger partial charge < -0.3 is 20.2 Å². The summed E-state index contributed by atoms with van der Waals surface area (Å²) in [7, 11) is 0. The lowest BCUT2D eigenvalue weighted by molar-refractivity contribution is -0.137. The van der Waals surface area contributed by atoms with Gasteiger partial charge in [0.2, 0.25) is 5.91 Å². The number of carbonyl (C=O) groups excluding carboxylic acids is 1. The number of rotatable bonds is 10. The normalized spacial score (nSPS) is 18.6. The quantitative estimate of drug-likeness (QED) is 0.440. The van der Waals surface area contributed by atoms with Crippen molar-refractivity contribution in [3.8, 4) is 5.75 Å². The molecule has 0 spiro atoms. The lowest BCUT2D eigenvalue weighted by Crippen LogP contribution is -2.32. The van der Waals surface area contributed by atoms with Gasteiger partial charge in [-0.2, -0.15) is 0 Å². The number of likely N-dealkylation sites (tertiary alicyclic amines) is 1. The molecule has 2 unspecified atom stereocenters. The first-order valence-corrected chi connectivity index (χ1v) is 9.14. The highest BCUT2D eigenvalue weighted by Crippen LogP contribution is 2.24. The van der Waals surface area contributed by atoms with Gasteiger partial charge in [0.25, 0.3) is 0 Å². The van der Waals surface area contributed by atoms with Crippen LogP contribution < -0.4 is 0 Å². The summed E-state index contributed by atoms with van der Waals surface area (Å²) in [6, 6.07) is 6.46. The Morgan fingerprint density at radius 3 is 2.77 bits per heavy atom. The average Bonchev–Trinajstić information content (AvgIpc) is 2.95. The van der Waals surface area contributed by atoms with Crippen molar-refractivity contribution in [1.29, 1.82) is 0 Å². The molecule has 2 rings (SSSR count). The van der Waals surface area contributed by atoms with Gasteiger partial charge in [-0.25, -0.2) is 0 Å². The summed E-state index contributed by atoms with van der Waals surface area (Å²) < 4.78 is 0. The standard InChI is InChI=1S/C20H27NO5/c22-17-7-5-6-15(14-17)18(23)11-9-16-10-12-19(24)21(16)13-4-2-1-3-8-20(25)26/h5-7,9,11,14,16,18,22-23H,1-4,8,10,12-13H2,(H,25,26). The van der Waals surface area contributed by atoms with Crippen molar-refractivity contribution < 1.29 is 24.9 Å². The van der Waals surface area contributed by atoms with Crippen LogP contribution in [0.25, 0.3) is 0 Å². The number of phenols is 1. The maximum atomic E-state index is 12.1. The molecule has 1 saturated heterocycles. The van der Waals surface area contributed by atoms with Gasteiger partial charge in [-0.05, 0) is 37.0 Å². The first-order chi connectivity index (χ1) is 12.5. The van der Waals surface area contributed by atoms with Crippen molar-refractivity contribution in [1.82, 2.24) is 4.90 Å². The highest BCUT2D eigenvalue weighted by atomic mass is 16.4. The van der Waals surface area contributed by atoms with Gasteiger partial charge in [0.1, 0.15) is 5.75 Å². The molecule has 1 fully saturated rings. The van der Waals surface area contributed by atoms with Gasteiger partial charge in [-0.15, -0.1) is 0 Å². The molecule has 0 aromatic heterocycles. The number of hydrogen-bond donors (Lipinski definition) is 3. The Kier molecular flexibility index (Phi) is 7.66. The molecule has 6 heteroatoms. The van der Waals surface area contributed by atoms with Gasteiger partial charge in [-0.3, -0.25) is 9.59 Å². The van der Waals surface area contributed by atoms with E-state index in [0.717, 1.165) is 25.7 Å². The Morgan fingerprint density at radius 2 is 2.04 bits per heavy atom. The van der Waals surface area contributed by atoms with E-state index in [1.807, 2.05) is 11.0 Å². The topological polar surface area (TPSA) is 98.1 Å². The number of nitrogens with zero attached hydrogens (tertiary/aromatic N) is 1. The number of carboxylic acid groups (broad SMARTS) is 1. The first kappa shape index (κ1) is 20.0. The number of hydrogen-bond acceptors (Lipinski definition) is 4. The summed E-state index contributed by atoms with van der Waals surface area (Å²) in [4.78, 5) is 24.4. The predicted molar refractivity (Wildman–Crippen MR) is 97.7 cm³/mol. The Hall–Kier alpha value is -2.34. The molecule has 0 saturated carbocycles. The number of aliphatic hydroxyl groups is 1. The lowest BCUT2D eigenvalue weighted by atomic mass is 10.1. The monoisotopic (exact) mass is 361 g/mol. The van der Waals surface area contributed by atoms with Crippen LogP contribution in [0.4, 0.5) is 0 Å². The number of benzene rings is 1. The number of unbranched alkanes of at least 4 members (excludes halogenated alkanes) is 3. The highest BCUT2D eigenvalue weighted by Gasteiger charge is 2.28. The highest BCUT2D eigenvalue weighted by molar-refractivity contribution is 5.79. The Labute approximate surface area is 153 Å². The van der Waals surface area contributed by atoms with Crippen molar-refractivity contribution in [3.05, 3.63) is 42.0 Å². The van der Waals surface area contributed by atoms with E-state index in [1.165, 1.54) is 6.07 Å². The van der Waals surface area contributed by atoms with Crippen molar-refractivity contribution in [3.63, 3.8) is 0 Å². The second kappa shape index (κ2) is 9.97. The van der Waals surface area contributed by atoms with Crippen LogP contribution in [0.3, 0.4) is 0 Å². The molecule has 0 aliphatic carbocycles. The number of phenolic OH excluding ortho intramolecular Hbond substituents is 1. The Morgan fingerprint density at radius 1 is 1.27 bits per heavy atom. The van der Waals surface area contributed by atoms with E-state index < -0.39 is 12.1 Å². The van der Waals surface area contributed by atoms with Crippen molar-refractivity contribution in [2.24, 2.45) is 0 Å². The van der Waals surface area contributed by atoms with Gasteiger partial charge in [0.15, 0.2) is 0 Å². The summed E-state index contributed by atoms with van der Waals surface area (Å²) in [5, 5.41) is 28.3. The van der Waals surface area contributed by atoms with Gasteiger partial charge in [-0.1, -0.05) is 37.1 Å². The number of carbonyl (C=O) groups is 2. The number of carboxylic acids is 1. The molecule has 3 N–H and O–H groups in total. The summed E-state index contributed by atoms with van der Waals surface area (Å²) >= 11 is 0. The first-order valence-electron chi connectivity index (χ1n) is 9.14. The number of amides is 1. The maximum absolute atomic E-state index is 12.1. The summed E-state index contributed by atoms with van der Waals surface area (Å²) in [5.41, 5.74) is 0.607. The zero-order valence-electron chi connectivity index (χ0n) is 14.9. The summed E-state index contributed by atoms with van der Waals surface area (Å²) in [6.45, 7) is 0.656. The van der Waals surface area contributed by atoms with Gasteiger partial charge in [0.05, 0.1) is 12.1 Å². The van der Waals surface area contributed by atoms with Crippen LogP contribution in [-0.2, 0) is 9.59 Å². The van der Waals surface area contributed by atoms with E-state index in [4.69, 9.17) is 5.11 Å². The number of aromatic hydroxyl groups is 1. The minimum Gasteiger partial charge on any atom is -0.508 e. The molecule has 0 radical (unpaired) electrons. The van der Waals surface area contributed by atoms with Crippen molar-refractivity contribution in [2.45, 2.75) is 57.1 Å². The van der Waals surface area contributed by atoms with E-state index in [0.29, 0.717) is 24.9 Å². The molecule has 1 aromatic carbocycles. The molecule has 1 aliphatic rings. The molecule has 26 heavy (non-hydrogen) atoms. The predicted octanol–water partition coefficient (Wildman–Crippen LogP) is 3.01. The second-order valence-corrected chi connectivity index (χ2v) is 6.68. The molecular weight excluding hydrogens is 334 g/mol. The molecule has 1 aromatic rings. The third kappa shape index (κ3) is 6.19. The zero-order chi connectivity index (χ0) is 18.9. The zero-order valence-corrected chi connectivity index (χ0v) is 14.9. The van der Waals surface area contributed by atoms with E-state index in [9.17, 15) is 19.8 Å². The average molecular weight is 361 g/mol. The van der Waals surface area contributed by atoms with Crippen molar-refractivity contribution >= 4 is 11.9 Å². The van der Waals surface area contributed by atoms with Gasteiger partial charge >= 0.3 is 5.97 Å². The van der Waals surface area contributed by atoms with E-state index >= 15 is 0 Å². The van der Waals surface area contributed by atoms with E-state index in [-0.39, 0.29) is 24.1 Å². The minimum absolute atomic E-state index is 0.0199. The smallest absolute Gasteiger partial charge is 0.303 e. The maximum Gasteiger partial charge on any atom is 0.303 e. The molecule has 142 valence electrons. The fraction of sp³-hybridized carbons (Fsp3) is 0.500. The SMILES string of the molecule is O=C(O)CCCCCCN1C(=O)CCC1C=CC(O)c1cccc(O)c1. The number of aliphatic carboxylic acids is 1. The molecule has 2 atom stereocenters. The number of aliphatic hydroxyl groups excluding tert-OH is 1. The van der Waals surface area contributed by atoms with Crippen LogP contribution in [-0.4, -0.2) is 44.7 Å². The third-order valence-corrected chi connectivity index (χ3v) is 4.64. The Bertz CT molecular complexity index is 643. The van der Waals surface area contributed by atoms with Crippen molar-refractivity contribution in [2.75, 3.05) is 6.54 Å². The molecule has 1 aliphatic heterocycles. The molecule has 1 amide bonds. The fourth-order valence-corrected chi connectivity index (χ4v) is 3.21. The second-order valence-electron chi connectivity index (χ2n) is 6.68. The third-order valence-electron chi connectivity index (χ3n) is 4.64. The van der Waals surface area contributed by atoms with Gasteiger partial charge in [0, 0.05) is 19.4 Å². The van der Waals surface area contributed by atoms with Crippen LogP contribution in [0.15, 0.2) is 36.4 Å². The summed E-state index contributed by atoms with van der Waals surface area (Å²) in [5.74, 6) is -0.539. The van der Waals surface area contributed by atoms with E-state index in [1.54, 1.807) is 24.3 Å². The van der Waals surface area contributed by atoms with Crippen LogP contribution in [0.5, 0.6) is 5.75 Å². The molecule has 6 nitrogen and oxygen atoms in total.